The fraction of sp³-hybridized carbons (Fsp3) is 0.690. The molecule has 3 aliphatic rings. The van der Waals surface area contributed by atoms with E-state index in [2.05, 4.69) is 25.2 Å². The summed E-state index contributed by atoms with van der Waals surface area (Å²) in [5.74, 6) is -1.08. The molecule has 0 aliphatic carbocycles. The summed E-state index contributed by atoms with van der Waals surface area (Å²) in [6.45, 7) is 11.9. The van der Waals surface area contributed by atoms with Gasteiger partial charge in [0.05, 0.1) is 49.1 Å². The molecule has 212 valence electrons. The van der Waals surface area contributed by atoms with E-state index in [4.69, 9.17) is 18.9 Å². The predicted octanol–water partition coefficient (Wildman–Crippen LogP) is 3.72. The highest BCUT2D eigenvalue weighted by Gasteiger charge is 2.56. The second-order valence-electron chi connectivity index (χ2n) is 11.1. The topological polar surface area (TPSA) is 124 Å². The highest BCUT2D eigenvalue weighted by atomic mass is 16.6. The van der Waals surface area contributed by atoms with Gasteiger partial charge in [-0.25, -0.2) is 0 Å². The number of carboxylic acid groups (broad SMARTS) is 1. The number of carbonyl (C=O) groups excluding carboxylic acids is 2. The van der Waals surface area contributed by atoms with Crippen molar-refractivity contribution < 1.29 is 38.4 Å². The number of rotatable bonds is 10. The zero-order valence-corrected chi connectivity index (χ0v) is 23.3. The van der Waals surface area contributed by atoms with E-state index >= 15 is 0 Å². The van der Waals surface area contributed by atoms with Crippen molar-refractivity contribution >= 4 is 17.8 Å². The van der Waals surface area contributed by atoms with E-state index in [1.165, 1.54) is 13.0 Å². The number of allylic oxidation sites excluding steroid dienone is 2. The van der Waals surface area contributed by atoms with Gasteiger partial charge in [0.1, 0.15) is 6.10 Å². The monoisotopic (exact) mass is 533 g/mol. The Morgan fingerprint density at radius 1 is 1.16 bits per heavy atom. The largest absolute Gasteiger partial charge is 0.481 e. The standard InChI is InChI=1S/C29H43NO8/c1-17(8-11-26-20(4)29(16-35-29)15-23(38-26)14-28(33)34)7-10-25-18(2)13-24(21(5)37-25)30-27(32)12-9-19(3)36-22(6)31/h7-9,11-12,18-21,23-26H,10,13-16H2,1-6H3,(H,30,32)(H,33,34). The van der Waals surface area contributed by atoms with Crippen LogP contribution in [-0.2, 0) is 33.3 Å². The Morgan fingerprint density at radius 3 is 2.50 bits per heavy atom. The molecule has 3 fully saturated rings. The Labute approximate surface area is 225 Å². The van der Waals surface area contributed by atoms with Gasteiger partial charge in [-0.1, -0.05) is 37.6 Å². The zero-order valence-electron chi connectivity index (χ0n) is 23.3. The molecule has 1 spiro atoms. The lowest BCUT2D eigenvalue weighted by atomic mass is 9.81. The van der Waals surface area contributed by atoms with E-state index in [1.54, 1.807) is 13.0 Å². The number of aliphatic carboxylic acids is 1. The molecule has 3 rings (SSSR count). The quantitative estimate of drug-likeness (QED) is 0.188. The summed E-state index contributed by atoms with van der Waals surface area (Å²) >= 11 is 0. The van der Waals surface area contributed by atoms with Crippen LogP contribution in [0.3, 0.4) is 0 Å². The fourth-order valence-corrected chi connectivity index (χ4v) is 5.34. The molecule has 3 saturated heterocycles. The molecule has 9 heteroatoms. The number of nitrogens with one attached hydrogen (secondary N) is 1. The van der Waals surface area contributed by atoms with Gasteiger partial charge in [0.2, 0.25) is 5.91 Å². The van der Waals surface area contributed by atoms with Crippen LogP contribution in [0.4, 0.5) is 0 Å². The molecule has 1 amide bonds. The Morgan fingerprint density at radius 2 is 1.87 bits per heavy atom. The number of carboxylic acids is 1. The van der Waals surface area contributed by atoms with Crippen molar-refractivity contribution in [2.24, 2.45) is 11.8 Å². The fourth-order valence-electron chi connectivity index (χ4n) is 5.34. The second-order valence-corrected chi connectivity index (χ2v) is 11.1. The zero-order chi connectivity index (χ0) is 28.0. The van der Waals surface area contributed by atoms with Crippen molar-refractivity contribution in [1.82, 2.24) is 5.32 Å². The maximum Gasteiger partial charge on any atom is 0.305 e. The van der Waals surface area contributed by atoms with Crippen LogP contribution in [0.15, 0.2) is 36.0 Å². The van der Waals surface area contributed by atoms with Crippen molar-refractivity contribution in [3.05, 3.63) is 36.0 Å². The molecule has 9 atom stereocenters. The third-order valence-corrected chi connectivity index (χ3v) is 7.80. The highest BCUT2D eigenvalue weighted by Crippen LogP contribution is 2.47. The first-order chi connectivity index (χ1) is 17.9. The van der Waals surface area contributed by atoms with Crippen LogP contribution in [0.1, 0.15) is 67.2 Å². The van der Waals surface area contributed by atoms with Crippen molar-refractivity contribution in [3.63, 3.8) is 0 Å². The summed E-state index contributed by atoms with van der Waals surface area (Å²) in [4.78, 5) is 34.5. The van der Waals surface area contributed by atoms with E-state index in [9.17, 15) is 19.5 Å². The van der Waals surface area contributed by atoms with Gasteiger partial charge in [0.15, 0.2) is 0 Å². The number of hydrogen-bond acceptors (Lipinski definition) is 7. The van der Waals surface area contributed by atoms with Gasteiger partial charge in [-0.3, -0.25) is 14.4 Å². The number of amides is 1. The summed E-state index contributed by atoms with van der Waals surface area (Å²) < 4.78 is 23.1. The van der Waals surface area contributed by atoms with E-state index in [0.29, 0.717) is 13.0 Å². The number of epoxide rings is 1. The molecule has 0 aromatic rings. The molecule has 0 aromatic heterocycles. The molecule has 38 heavy (non-hydrogen) atoms. The summed E-state index contributed by atoms with van der Waals surface area (Å²) in [6, 6.07) is -0.104. The summed E-state index contributed by atoms with van der Waals surface area (Å²) in [5, 5.41) is 12.2. The minimum atomic E-state index is -0.859. The van der Waals surface area contributed by atoms with Gasteiger partial charge in [0, 0.05) is 25.3 Å². The van der Waals surface area contributed by atoms with Gasteiger partial charge in [-0.2, -0.15) is 0 Å². The smallest absolute Gasteiger partial charge is 0.305 e. The normalized spacial score (nSPS) is 36.4. The van der Waals surface area contributed by atoms with Gasteiger partial charge in [-0.05, 0) is 45.6 Å². The van der Waals surface area contributed by atoms with Crippen LogP contribution in [-0.4, -0.2) is 71.7 Å². The molecule has 2 N–H and O–H groups in total. The van der Waals surface area contributed by atoms with E-state index in [-0.39, 0.29) is 66.2 Å². The van der Waals surface area contributed by atoms with E-state index < -0.39 is 12.1 Å². The van der Waals surface area contributed by atoms with Crippen molar-refractivity contribution in [3.8, 4) is 0 Å². The lowest BCUT2D eigenvalue weighted by Gasteiger charge is -2.39. The summed E-state index contributed by atoms with van der Waals surface area (Å²) in [7, 11) is 0. The summed E-state index contributed by atoms with van der Waals surface area (Å²) in [5.41, 5.74) is 0.826. The van der Waals surface area contributed by atoms with Crippen molar-refractivity contribution in [1.29, 1.82) is 0 Å². The second kappa shape index (κ2) is 13.0. The predicted molar refractivity (Wildman–Crippen MR) is 141 cm³/mol. The van der Waals surface area contributed by atoms with Crippen molar-refractivity contribution in [2.75, 3.05) is 6.61 Å². The van der Waals surface area contributed by atoms with Gasteiger partial charge >= 0.3 is 11.9 Å². The molecule has 3 heterocycles. The van der Waals surface area contributed by atoms with Crippen molar-refractivity contribution in [2.45, 2.75) is 109 Å². The number of esters is 1. The Hall–Kier alpha value is -2.49. The Balaban J connectivity index is 1.49. The molecule has 0 saturated carbocycles. The Bertz CT molecular complexity index is 952. The van der Waals surface area contributed by atoms with Gasteiger partial charge < -0.3 is 29.4 Å². The molecular formula is C29H43NO8. The van der Waals surface area contributed by atoms with Crippen LogP contribution in [0.25, 0.3) is 0 Å². The third-order valence-electron chi connectivity index (χ3n) is 7.80. The first-order valence-corrected chi connectivity index (χ1v) is 13.6. The number of ether oxygens (including phenoxy) is 4. The average molecular weight is 534 g/mol. The maximum atomic E-state index is 12.3. The number of carbonyl (C=O) groups is 3. The highest BCUT2D eigenvalue weighted by molar-refractivity contribution is 5.87. The minimum absolute atomic E-state index is 0.0166. The first-order valence-electron chi connectivity index (χ1n) is 13.6. The SMILES string of the molecule is CC(=O)OC(C)C=CC(=O)NC1CC(C)C(CC=C(C)C=CC2OC(CC(=O)O)CC3(CO3)C2C)OC1C. The molecule has 9 unspecified atom stereocenters. The van der Waals surface area contributed by atoms with Gasteiger partial charge in [-0.15, -0.1) is 0 Å². The molecule has 3 aliphatic heterocycles. The van der Waals surface area contributed by atoms with Crippen LogP contribution >= 0.6 is 0 Å². The first kappa shape index (κ1) is 30.1. The number of hydrogen-bond donors (Lipinski definition) is 2. The average Bonchev–Trinajstić information content (AvgIpc) is 3.59. The van der Waals surface area contributed by atoms with E-state index in [1.807, 2.05) is 26.0 Å². The lowest BCUT2D eigenvalue weighted by Crippen LogP contribution is -2.50. The third kappa shape index (κ3) is 8.51. The summed E-state index contributed by atoms with van der Waals surface area (Å²) in [6.07, 6.45) is 10.2. The Kier molecular flexibility index (Phi) is 10.3. The lowest BCUT2D eigenvalue weighted by molar-refractivity contribution is -0.146. The molecule has 9 nitrogen and oxygen atoms in total. The van der Waals surface area contributed by atoms with Crippen LogP contribution in [0.2, 0.25) is 0 Å². The molecular weight excluding hydrogens is 490 g/mol. The van der Waals surface area contributed by atoms with E-state index in [0.717, 1.165) is 18.4 Å². The molecule has 0 radical (unpaired) electrons. The van der Waals surface area contributed by atoms with Gasteiger partial charge in [0.25, 0.3) is 0 Å². The molecule has 0 bridgehead atoms. The van der Waals surface area contributed by atoms with Crippen LogP contribution in [0.5, 0.6) is 0 Å². The van der Waals surface area contributed by atoms with Crippen LogP contribution < -0.4 is 5.32 Å². The maximum absolute atomic E-state index is 12.3. The molecule has 0 aromatic carbocycles. The van der Waals surface area contributed by atoms with Crippen LogP contribution in [0, 0.1) is 11.8 Å². The minimum Gasteiger partial charge on any atom is -0.481 e.